The maximum absolute atomic E-state index is 6.30. The first-order valence-electron chi connectivity index (χ1n) is 6.30. The molecule has 0 spiro atoms. The average Bonchev–Trinajstić information content (AvgIpc) is 2.41. The molecule has 1 aromatic heterocycles. The molecule has 2 atom stereocenters. The number of thioether (sulfide) groups is 1. The summed E-state index contributed by atoms with van der Waals surface area (Å²) in [5.74, 6) is 2.43. The number of hydrogen-bond acceptors (Lipinski definition) is 4. The van der Waals surface area contributed by atoms with Crippen LogP contribution in [0.25, 0.3) is 0 Å². The first kappa shape index (κ1) is 12.9. The van der Waals surface area contributed by atoms with Crippen molar-refractivity contribution >= 4 is 11.8 Å². The minimum Gasteiger partial charge on any atom is -0.326 e. The van der Waals surface area contributed by atoms with Gasteiger partial charge >= 0.3 is 0 Å². The van der Waals surface area contributed by atoms with E-state index >= 15 is 0 Å². The lowest BCUT2D eigenvalue weighted by atomic mass is 9.97. The van der Waals surface area contributed by atoms with E-state index in [1.165, 1.54) is 17.1 Å². The molecule has 0 aromatic carbocycles. The van der Waals surface area contributed by atoms with Gasteiger partial charge in [-0.3, -0.25) is 9.88 Å². The van der Waals surface area contributed by atoms with Crippen molar-refractivity contribution in [2.75, 3.05) is 24.6 Å². The molecule has 17 heavy (non-hydrogen) atoms. The second-order valence-corrected chi connectivity index (χ2v) is 5.68. The SMILES string of the molecule is CCC(N)C(c1cccnc1)N1CCSCC1. The van der Waals surface area contributed by atoms with Crippen molar-refractivity contribution < 1.29 is 0 Å². The van der Waals surface area contributed by atoms with Gasteiger partial charge in [0, 0.05) is 43.0 Å². The highest BCUT2D eigenvalue weighted by molar-refractivity contribution is 7.99. The Morgan fingerprint density at radius 3 is 2.82 bits per heavy atom. The number of hydrogen-bond donors (Lipinski definition) is 1. The minimum atomic E-state index is 0.197. The number of rotatable bonds is 4. The van der Waals surface area contributed by atoms with Crippen LogP contribution in [0.5, 0.6) is 0 Å². The number of aromatic nitrogens is 1. The molecule has 3 nitrogen and oxygen atoms in total. The lowest BCUT2D eigenvalue weighted by molar-refractivity contribution is 0.186. The third kappa shape index (κ3) is 3.21. The van der Waals surface area contributed by atoms with Gasteiger partial charge in [0.05, 0.1) is 6.04 Å². The average molecular weight is 251 g/mol. The molecule has 0 aliphatic carbocycles. The summed E-state index contributed by atoms with van der Waals surface area (Å²) in [6.45, 7) is 4.43. The third-order valence-corrected chi connectivity index (χ3v) is 4.28. The Balaban J connectivity index is 2.18. The van der Waals surface area contributed by atoms with E-state index in [0.717, 1.165) is 19.5 Å². The van der Waals surface area contributed by atoms with Crippen LogP contribution in [0.15, 0.2) is 24.5 Å². The molecule has 2 rings (SSSR count). The van der Waals surface area contributed by atoms with E-state index in [1.807, 2.05) is 30.2 Å². The van der Waals surface area contributed by atoms with Crippen molar-refractivity contribution in [3.63, 3.8) is 0 Å². The molecular weight excluding hydrogens is 230 g/mol. The van der Waals surface area contributed by atoms with Crippen LogP contribution in [-0.2, 0) is 0 Å². The predicted octanol–water partition coefficient (Wildman–Crippen LogP) is 1.91. The van der Waals surface area contributed by atoms with Crippen LogP contribution < -0.4 is 5.73 Å². The van der Waals surface area contributed by atoms with Gasteiger partial charge in [0.25, 0.3) is 0 Å². The second kappa shape index (κ2) is 6.38. The van der Waals surface area contributed by atoms with Crippen LogP contribution in [0.4, 0.5) is 0 Å². The zero-order valence-corrected chi connectivity index (χ0v) is 11.2. The van der Waals surface area contributed by atoms with E-state index in [4.69, 9.17) is 5.73 Å². The molecule has 1 aliphatic heterocycles. The molecule has 4 heteroatoms. The monoisotopic (exact) mass is 251 g/mol. The van der Waals surface area contributed by atoms with Gasteiger partial charge in [-0.25, -0.2) is 0 Å². The Kier molecular flexibility index (Phi) is 4.83. The Morgan fingerprint density at radius 1 is 1.47 bits per heavy atom. The summed E-state index contributed by atoms with van der Waals surface area (Å²) in [5.41, 5.74) is 7.56. The van der Waals surface area contributed by atoms with Gasteiger partial charge in [-0.1, -0.05) is 13.0 Å². The molecule has 0 saturated carbocycles. The quantitative estimate of drug-likeness (QED) is 0.887. The smallest absolute Gasteiger partial charge is 0.0514 e. The molecule has 0 amide bonds. The fourth-order valence-corrected chi connectivity index (χ4v) is 3.29. The highest BCUT2D eigenvalue weighted by Crippen LogP contribution is 2.27. The van der Waals surface area contributed by atoms with Gasteiger partial charge in [0.15, 0.2) is 0 Å². The Labute approximate surface area is 108 Å². The van der Waals surface area contributed by atoms with Crippen LogP contribution in [-0.4, -0.2) is 40.5 Å². The number of pyridine rings is 1. The largest absolute Gasteiger partial charge is 0.326 e. The van der Waals surface area contributed by atoms with Gasteiger partial charge in [-0.2, -0.15) is 11.8 Å². The summed E-state index contributed by atoms with van der Waals surface area (Å²) in [4.78, 5) is 6.75. The van der Waals surface area contributed by atoms with E-state index in [0.29, 0.717) is 6.04 Å². The zero-order chi connectivity index (χ0) is 12.1. The van der Waals surface area contributed by atoms with E-state index in [-0.39, 0.29) is 6.04 Å². The topological polar surface area (TPSA) is 42.1 Å². The van der Waals surface area contributed by atoms with E-state index in [2.05, 4.69) is 22.9 Å². The predicted molar refractivity (Wildman–Crippen MR) is 74.1 cm³/mol. The van der Waals surface area contributed by atoms with Crippen LogP contribution in [0.3, 0.4) is 0 Å². The van der Waals surface area contributed by atoms with Crippen LogP contribution in [0.2, 0.25) is 0 Å². The summed E-state index contributed by atoms with van der Waals surface area (Å²) < 4.78 is 0. The van der Waals surface area contributed by atoms with E-state index in [1.54, 1.807) is 0 Å². The molecular formula is C13H21N3S. The van der Waals surface area contributed by atoms with Crippen LogP contribution in [0.1, 0.15) is 24.9 Å². The summed E-state index contributed by atoms with van der Waals surface area (Å²) in [5, 5.41) is 0. The summed E-state index contributed by atoms with van der Waals surface area (Å²) >= 11 is 2.03. The Hall–Kier alpha value is -0.580. The van der Waals surface area contributed by atoms with Gasteiger partial charge < -0.3 is 5.73 Å². The fraction of sp³-hybridized carbons (Fsp3) is 0.615. The first-order chi connectivity index (χ1) is 8.33. The number of nitrogens with two attached hydrogens (primary N) is 1. The maximum Gasteiger partial charge on any atom is 0.0514 e. The second-order valence-electron chi connectivity index (χ2n) is 4.45. The molecule has 1 aliphatic rings. The summed E-state index contributed by atoms with van der Waals surface area (Å²) in [6, 6.07) is 4.68. The van der Waals surface area contributed by atoms with Crippen molar-refractivity contribution in [1.82, 2.24) is 9.88 Å². The molecule has 2 N–H and O–H groups in total. The standard InChI is InChI=1S/C13H21N3S/c1-2-12(14)13(11-4-3-5-15-10-11)16-6-8-17-9-7-16/h3-5,10,12-13H,2,6-9,14H2,1H3. The summed E-state index contributed by atoms with van der Waals surface area (Å²) in [7, 11) is 0. The van der Waals surface area contributed by atoms with Crippen LogP contribution in [0, 0.1) is 0 Å². The minimum absolute atomic E-state index is 0.197. The van der Waals surface area contributed by atoms with E-state index < -0.39 is 0 Å². The molecule has 2 heterocycles. The van der Waals surface area contributed by atoms with Gasteiger partial charge in [-0.05, 0) is 18.1 Å². The first-order valence-corrected chi connectivity index (χ1v) is 7.45. The van der Waals surface area contributed by atoms with Crippen molar-refractivity contribution in [3.05, 3.63) is 30.1 Å². The molecule has 1 fully saturated rings. The fourth-order valence-electron chi connectivity index (χ4n) is 2.36. The Bertz CT molecular complexity index is 325. The van der Waals surface area contributed by atoms with Crippen molar-refractivity contribution in [3.8, 4) is 0 Å². The van der Waals surface area contributed by atoms with Gasteiger partial charge in [0.2, 0.25) is 0 Å². The van der Waals surface area contributed by atoms with E-state index in [9.17, 15) is 0 Å². The molecule has 1 saturated heterocycles. The normalized spacial score (nSPS) is 21.1. The molecule has 0 bridgehead atoms. The molecule has 1 aromatic rings. The number of nitrogens with zero attached hydrogens (tertiary/aromatic N) is 2. The highest BCUT2D eigenvalue weighted by Gasteiger charge is 2.26. The zero-order valence-electron chi connectivity index (χ0n) is 10.4. The maximum atomic E-state index is 6.30. The molecule has 0 radical (unpaired) electrons. The van der Waals surface area contributed by atoms with Crippen LogP contribution >= 0.6 is 11.8 Å². The summed E-state index contributed by atoms with van der Waals surface area (Å²) in [6.07, 6.45) is 4.79. The third-order valence-electron chi connectivity index (χ3n) is 3.34. The lowest BCUT2D eigenvalue weighted by Crippen LogP contribution is -2.44. The Morgan fingerprint density at radius 2 is 2.24 bits per heavy atom. The van der Waals surface area contributed by atoms with Crippen molar-refractivity contribution in [2.45, 2.75) is 25.4 Å². The molecule has 2 unspecified atom stereocenters. The van der Waals surface area contributed by atoms with Crippen molar-refractivity contribution in [1.29, 1.82) is 0 Å². The van der Waals surface area contributed by atoms with Gasteiger partial charge in [-0.15, -0.1) is 0 Å². The van der Waals surface area contributed by atoms with Crippen molar-refractivity contribution in [2.24, 2.45) is 5.73 Å². The lowest BCUT2D eigenvalue weighted by Gasteiger charge is -2.37. The molecule has 94 valence electrons. The van der Waals surface area contributed by atoms with Gasteiger partial charge in [0.1, 0.15) is 0 Å². The highest BCUT2D eigenvalue weighted by atomic mass is 32.2.